The molecular formula is C14H17N3O3. The van der Waals surface area contributed by atoms with Crippen LogP contribution in [0.3, 0.4) is 0 Å². The number of nitro benzene ring substituents is 1. The molecule has 0 atom stereocenters. The summed E-state index contributed by atoms with van der Waals surface area (Å²) < 4.78 is 0. The highest BCUT2D eigenvalue weighted by molar-refractivity contribution is 5.79. The Balaban J connectivity index is 1.86. The average molecular weight is 275 g/mol. The minimum Gasteiger partial charge on any atom is -0.352 e. The van der Waals surface area contributed by atoms with Crippen molar-refractivity contribution in [2.75, 3.05) is 19.6 Å². The van der Waals surface area contributed by atoms with Gasteiger partial charge >= 0.3 is 0 Å². The molecule has 0 bridgehead atoms. The maximum Gasteiger partial charge on any atom is 0.269 e. The third kappa shape index (κ3) is 4.17. The van der Waals surface area contributed by atoms with Gasteiger partial charge in [0.1, 0.15) is 0 Å². The number of carbonyl (C=O) groups is 1. The molecule has 0 aromatic heterocycles. The van der Waals surface area contributed by atoms with Crippen LogP contribution in [0.15, 0.2) is 35.9 Å². The van der Waals surface area contributed by atoms with Crippen molar-refractivity contribution in [3.63, 3.8) is 0 Å². The molecule has 2 N–H and O–H groups in total. The summed E-state index contributed by atoms with van der Waals surface area (Å²) in [7, 11) is 0. The fourth-order valence-electron chi connectivity index (χ4n) is 2.07. The lowest BCUT2D eigenvalue weighted by Gasteiger charge is -2.14. The minimum absolute atomic E-state index is 0.0105. The third-order valence-corrected chi connectivity index (χ3v) is 3.16. The number of non-ortho nitro benzene ring substituents is 1. The zero-order valence-corrected chi connectivity index (χ0v) is 11.1. The van der Waals surface area contributed by atoms with Crippen LogP contribution in [0.5, 0.6) is 0 Å². The second kappa shape index (κ2) is 6.81. The number of nitrogens with zero attached hydrogens (tertiary/aromatic N) is 1. The first-order valence-corrected chi connectivity index (χ1v) is 6.54. The first-order chi connectivity index (χ1) is 9.65. The first kappa shape index (κ1) is 14.2. The predicted octanol–water partition coefficient (Wildman–Crippen LogP) is 1.17. The lowest BCUT2D eigenvalue weighted by Crippen LogP contribution is -2.30. The molecule has 20 heavy (non-hydrogen) atoms. The Bertz CT molecular complexity index is 540. The van der Waals surface area contributed by atoms with E-state index in [-0.39, 0.29) is 18.0 Å². The third-order valence-electron chi connectivity index (χ3n) is 3.16. The van der Waals surface area contributed by atoms with Crippen LogP contribution < -0.4 is 10.6 Å². The lowest BCUT2D eigenvalue weighted by molar-refractivity contribution is -0.384. The van der Waals surface area contributed by atoms with Gasteiger partial charge in [-0.2, -0.15) is 0 Å². The molecule has 0 saturated carbocycles. The molecule has 0 fully saturated rings. The summed E-state index contributed by atoms with van der Waals surface area (Å²) in [5.74, 6) is -0.120. The summed E-state index contributed by atoms with van der Waals surface area (Å²) in [6.45, 7) is 2.33. The monoisotopic (exact) mass is 275 g/mol. The van der Waals surface area contributed by atoms with Crippen LogP contribution in [0, 0.1) is 10.1 Å². The molecule has 6 heteroatoms. The molecule has 1 aromatic carbocycles. The van der Waals surface area contributed by atoms with Crippen LogP contribution in [0.25, 0.3) is 0 Å². The van der Waals surface area contributed by atoms with Crippen molar-refractivity contribution in [3.8, 4) is 0 Å². The Morgan fingerprint density at radius 3 is 3.00 bits per heavy atom. The molecule has 1 aromatic rings. The molecule has 1 aliphatic rings. The van der Waals surface area contributed by atoms with E-state index in [2.05, 4.69) is 16.7 Å². The number of rotatable bonds is 5. The zero-order chi connectivity index (χ0) is 14.4. The molecular weight excluding hydrogens is 258 g/mol. The van der Waals surface area contributed by atoms with Crippen LogP contribution in [0.2, 0.25) is 0 Å². The highest BCUT2D eigenvalue weighted by atomic mass is 16.6. The van der Waals surface area contributed by atoms with Gasteiger partial charge in [0.25, 0.3) is 5.69 Å². The van der Waals surface area contributed by atoms with E-state index in [0.717, 1.165) is 19.5 Å². The van der Waals surface area contributed by atoms with Crippen LogP contribution in [-0.2, 0) is 11.2 Å². The number of hydrogen-bond acceptors (Lipinski definition) is 4. The number of carbonyl (C=O) groups excluding carboxylic acids is 1. The Labute approximate surface area is 117 Å². The van der Waals surface area contributed by atoms with Crippen LogP contribution >= 0.6 is 0 Å². The SMILES string of the molecule is O=C(Cc1cccc([N+](=O)[O-])c1)NCC1=CCNCC1. The van der Waals surface area contributed by atoms with E-state index in [1.54, 1.807) is 12.1 Å². The van der Waals surface area contributed by atoms with Crippen molar-refractivity contribution in [2.24, 2.45) is 0 Å². The van der Waals surface area contributed by atoms with E-state index in [0.29, 0.717) is 12.1 Å². The van der Waals surface area contributed by atoms with Gasteiger partial charge in [0.2, 0.25) is 5.91 Å². The van der Waals surface area contributed by atoms with Gasteiger partial charge < -0.3 is 10.6 Å². The molecule has 0 saturated heterocycles. The Kier molecular flexibility index (Phi) is 4.84. The number of nitro groups is 1. The molecule has 0 spiro atoms. The Morgan fingerprint density at radius 2 is 2.30 bits per heavy atom. The zero-order valence-electron chi connectivity index (χ0n) is 11.1. The maximum atomic E-state index is 11.8. The molecule has 0 aliphatic carbocycles. The van der Waals surface area contributed by atoms with Gasteiger partial charge in [-0.05, 0) is 18.5 Å². The van der Waals surface area contributed by atoms with Crippen molar-refractivity contribution < 1.29 is 9.72 Å². The van der Waals surface area contributed by atoms with Crippen molar-refractivity contribution in [2.45, 2.75) is 12.8 Å². The maximum absolute atomic E-state index is 11.8. The fourth-order valence-corrected chi connectivity index (χ4v) is 2.07. The average Bonchev–Trinajstić information content (AvgIpc) is 2.46. The standard InChI is InChI=1S/C14H17N3O3/c18-14(16-10-11-4-6-15-7-5-11)9-12-2-1-3-13(8-12)17(19)20/h1-4,8,15H,5-7,9-10H2,(H,16,18). The summed E-state index contributed by atoms with van der Waals surface area (Å²) in [6.07, 6.45) is 3.18. The fraction of sp³-hybridized carbons (Fsp3) is 0.357. The molecule has 6 nitrogen and oxygen atoms in total. The summed E-state index contributed by atoms with van der Waals surface area (Å²) in [6, 6.07) is 6.16. The van der Waals surface area contributed by atoms with E-state index in [1.165, 1.54) is 17.7 Å². The van der Waals surface area contributed by atoms with Crippen LogP contribution in [0.1, 0.15) is 12.0 Å². The van der Waals surface area contributed by atoms with Crippen LogP contribution in [-0.4, -0.2) is 30.5 Å². The van der Waals surface area contributed by atoms with Gasteiger partial charge in [-0.15, -0.1) is 0 Å². The van der Waals surface area contributed by atoms with Crippen molar-refractivity contribution in [1.82, 2.24) is 10.6 Å². The highest BCUT2D eigenvalue weighted by Crippen LogP contribution is 2.13. The molecule has 1 heterocycles. The Morgan fingerprint density at radius 1 is 1.45 bits per heavy atom. The molecule has 0 unspecified atom stereocenters. The lowest BCUT2D eigenvalue weighted by atomic mass is 10.1. The Hall–Kier alpha value is -2.21. The normalized spacial score (nSPS) is 14.5. The van der Waals surface area contributed by atoms with Gasteiger partial charge in [-0.3, -0.25) is 14.9 Å². The van der Waals surface area contributed by atoms with Gasteiger partial charge in [-0.1, -0.05) is 23.8 Å². The van der Waals surface area contributed by atoms with E-state index < -0.39 is 4.92 Å². The second-order valence-electron chi connectivity index (χ2n) is 4.70. The minimum atomic E-state index is -0.457. The quantitative estimate of drug-likeness (QED) is 0.480. The van der Waals surface area contributed by atoms with Crippen LogP contribution in [0.4, 0.5) is 5.69 Å². The van der Waals surface area contributed by atoms with Crippen molar-refractivity contribution in [3.05, 3.63) is 51.6 Å². The van der Waals surface area contributed by atoms with Gasteiger partial charge in [0.15, 0.2) is 0 Å². The van der Waals surface area contributed by atoms with Gasteiger partial charge in [0, 0.05) is 25.2 Å². The van der Waals surface area contributed by atoms with Crippen molar-refractivity contribution in [1.29, 1.82) is 0 Å². The molecule has 1 aliphatic heterocycles. The van der Waals surface area contributed by atoms with E-state index >= 15 is 0 Å². The number of amides is 1. The second-order valence-corrected chi connectivity index (χ2v) is 4.70. The topological polar surface area (TPSA) is 84.3 Å². The molecule has 106 valence electrons. The predicted molar refractivity (Wildman–Crippen MR) is 75.4 cm³/mol. The van der Waals surface area contributed by atoms with Gasteiger partial charge in [-0.25, -0.2) is 0 Å². The summed E-state index contributed by atoms with van der Waals surface area (Å²) >= 11 is 0. The van der Waals surface area contributed by atoms with Crippen molar-refractivity contribution >= 4 is 11.6 Å². The number of hydrogen-bond donors (Lipinski definition) is 2. The van der Waals surface area contributed by atoms with Gasteiger partial charge in [0.05, 0.1) is 11.3 Å². The molecule has 0 radical (unpaired) electrons. The van der Waals surface area contributed by atoms with E-state index in [1.807, 2.05) is 0 Å². The summed E-state index contributed by atoms with van der Waals surface area (Å²) in [4.78, 5) is 22.0. The largest absolute Gasteiger partial charge is 0.352 e. The van der Waals surface area contributed by atoms with E-state index in [9.17, 15) is 14.9 Å². The first-order valence-electron chi connectivity index (χ1n) is 6.54. The smallest absolute Gasteiger partial charge is 0.269 e. The number of nitrogens with one attached hydrogen (secondary N) is 2. The summed E-state index contributed by atoms with van der Waals surface area (Å²) in [5, 5.41) is 16.7. The van der Waals surface area contributed by atoms with E-state index in [4.69, 9.17) is 0 Å². The molecule has 1 amide bonds. The highest BCUT2D eigenvalue weighted by Gasteiger charge is 2.10. The summed E-state index contributed by atoms with van der Waals surface area (Å²) in [5.41, 5.74) is 1.88. The molecule has 2 rings (SSSR count). The number of benzene rings is 1.